The van der Waals surface area contributed by atoms with Crippen molar-refractivity contribution in [1.82, 2.24) is 0 Å². The normalized spacial score (nSPS) is 11.6. The number of benzene rings is 8. The molecule has 1 aromatic heterocycles. The molecule has 0 aliphatic carbocycles. The summed E-state index contributed by atoms with van der Waals surface area (Å²) in [6.07, 6.45) is 0. The molecule has 0 amide bonds. The molecule has 0 aliphatic heterocycles. The van der Waals surface area contributed by atoms with Crippen molar-refractivity contribution in [2.45, 2.75) is 0 Å². The van der Waals surface area contributed by atoms with Crippen LogP contribution in [0.5, 0.6) is 0 Å². The lowest BCUT2D eigenvalue weighted by Gasteiger charge is -2.28. The van der Waals surface area contributed by atoms with Gasteiger partial charge in [-0.15, -0.1) is 11.3 Å². The number of thiophene rings is 1. The molecule has 8 aromatic carbocycles. The molecule has 44 heavy (non-hydrogen) atoms. The molecule has 206 valence electrons. The van der Waals surface area contributed by atoms with Gasteiger partial charge in [-0.25, -0.2) is 0 Å². The molecular weight excluding hydrogens is 551 g/mol. The van der Waals surface area contributed by atoms with Gasteiger partial charge in [0.2, 0.25) is 0 Å². The molecule has 0 bridgehead atoms. The lowest BCUT2D eigenvalue weighted by Crippen LogP contribution is -2.10. The number of anilines is 3. The summed E-state index contributed by atoms with van der Waals surface area (Å²) in [4.78, 5) is 2.44. The first-order valence-corrected chi connectivity index (χ1v) is 15.8. The van der Waals surface area contributed by atoms with Gasteiger partial charge in [0, 0.05) is 36.9 Å². The fourth-order valence-electron chi connectivity index (χ4n) is 6.77. The lowest BCUT2D eigenvalue weighted by molar-refractivity contribution is 1.31. The highest BCUT2D eigenvalue weighted by Gasteiger charge is 2.19. The summed E-state index contributed by atoms with van der Waals surface area (Å²) in [6.45, 7) is 0. The van der Waals surface area contributed by atoms with Crippen LogP contribution in [-0.2, 0) is 0 Å². The van der Waals surface area contributed by atoms with Gasteiger partial charge in [0.25, 0.3) is 0 Å². The molecule has 0 radical (unpaired) electrons. The van der Waals surface area contributed by atoms with Crippen molar-refractivity contribution in [3.05, 3.63) is 164 Å². The van der Waals surface area contributed by atoms with Gasteiger partial charge in [-0.05, 0) is 80.5 Å². The van der Waals surface area contributed by atoms with Crippen molar-refractivity contribution in [1.29, 1.82) is 0 Å². The molecule has 0 atom stereocenters. The highest BCUT2D eigenvalue weighted by Crippen LogP contribution is 2.45. The zero-order valence-electron chi connectivity index (χ0n) is 23.9. The number of rotatable bonds is 4. The third-order valence-corrected chi connectivity index (χ3v) is 9.98. The van der Waals surface area contributed by atoms with Crippen LogP contribution < -0.4 is 4.90 Å². The van der Waals surface area contributed by atoms with E-state index < -0.39 is 0 Å². The molecule has 1 nitrogen and oxygen atoms in total. The van der Waals surface area contributed by atoms with Crippen molar-refractivity contribution in [2.75, 3.05) is 4.90 Å². The average Bonchev–Trinajstić information content (AvgIpc) is 3.47. The van der Waals surface area contributed by atoms with Gasteiger partial charge in [0.1, 0.15) is 0 Å². The predicted molar refractivity (Wildman–Crippen MR) is 192 cm³/mol. The summed E-state index contributed by atoms with van der Waals surface area (Å²) in [5.41, 5.74) is 5.93. The smallest absolute Gasteiger partial charge is 0.0546 e. The van der Waals surface area contributed by atoms with Crippen LogP contribution in [0.3, 0.4) is 0 Å². The quantitative estimate of drug-likeness (QED) is 0.188. The first kappa shape index (κ1) is 25.1. The Labute approximate surface area is 259 Å². The average molecular weight is 578 g/mol. The van der Waals surface area contributed by atoms with Crippen LogP contribution in [0.1, 0.15) is 0 Å². The second-order valence-corrected chi connectivity index (χ2v) is 12.4. The topological polar surface area (TPSA) is 3.24 Å². The van der Waals surface area contributed by atoms with E-state index in [1.807, 2.05) is 11.3 Å². The van der Waals surface area contributed by atoms with E-state index in [2.05, 4.69) is 169 Å². The van der Waals surface area contributed by atoms with Crippen molar-refractivity contribution in [2.24, 2.45) is 0 Å². The molecule has 0 fully saturated rings. The molecule has 0 saturated heterocycles. The SMILES string of the molecule is c1ccc2c(-c3ccc(N(c4ccc5sc6ccccc6c5c4)c4cc5ccccc5c5ccccc45)cc3)cccc2c1. The second kappa shape index (κ2) is 10.1. The molecule has 2 heteroatoms. The van der Waals surface area contributed by atoms with Crippen LogP contribution in [0.4, 0.5) is 17.1 Å². The Morgan fingerprint density at radius 1 is 0.364 bits per heavy atom. The van der Waals surface area contributed by atoms with Crippen LogP contribution in [0, 0.1) is 0 Å². The maximum atomic E-state index is 2.44. The maximum Gasteiger partial charge on any atom is 0.0546 e. The molecule has 0 unspecified atom stereocenters. The van der Waals surface area contributed by atoms with E-state index in [1.165, 1.54) is 69.3 Å². The van der Waals surface area contributed by atoms with Crippen molar-refractivity contribution < 1.29 is 0 Å². The van der Waals surface area contributed by atoms with E-state index in [-0.39, 0.29) is 0 Å². The molecule has 0 spiro atoms. The summed E-state index contributed by atoms with van der Waals surface area (Å²) >= 11 is 1.86. The van der Waals surface area contributed by atoms with Crippen LogP contribution in [-0.4, -0.2) is 0 Å². The zero-order valence-corrected chi connectivity index (χ0v) is 24.8. The van der Waals surface area contributed by atoms with E-state index in [1.54, 1.807) is 0 Å². The highest BCUT2D eigenvalue weighted by molar-refractivity contribution is 7.25. The first-order valence-electron chi connectivity index (χ1n) is 15.0. The third kappa shape index (κ3) is 4.00. The van der Waals surface area contributed by atoms with E-state index >= 15 is 0 Å². The summed E-state index contributed by atoms with van der Waals surface area (Å²) in [5.74, 6) is 0. The fraction of sp³-hybridized carbons (Fsp3) is 0. The standard InChI is InChI=1S/C42H27NS/c1-3-13-33-28(10-1)12-9-18-34(33)29-20-22-31(23-21-29)43(32-24-25-42-39(27-32)38-17-7-8-19-41(38)44-42)40-26-30-11-2-4-14-35(30)36-15-5-6-16-37(36)40/h1-27H. The van der Waals surface area contributed by atoms with Crippen molar-refractivity contribution in [3.8, 4) is 11.1 Å². The minimum Gasteiger partial charge on any atom is -0.310 e. The Kier molecular flexibility index (Phi) is 5.75. The molecule has 9 rings (SSSR count). The van der Waals surface area contributed by atoms with Crippen LogP contribution in [0.2, 0.25) is 0 Å². The number of hydrogen-bond donors (Lipinski definition) is 0. The lowest BCUT2D eigenvalue weighted by atomic mass is 9.97. The third-order valence-electron chi connectivity index (χ3n) is 8.83. The fourth-order valence-corrected chi connectivity index (χ4v) is 7.85. The number of fused-ring (bicyclic) bond motifs is 7. The van der Waals surface area contributed by atoms with Crippen LogP contribution in [0.25, 0.3) is 63.6 Å². The Morgan fingerprint density at radius 3 is 1.82 bits per heavy atom. The molecule has 1 heterocycles. The van der Waals surface area contributed by atoms with Gasteiger partial charge >= 0.3 is 0 Å². The Balaban J connectivity index is 1.29. The second-order valence-electron chi connectivity index (χ2n) is 11.4. The van der Waals surface area contributed by atoms with Crippen LogP contribution >= 0.6 is 11.3 Å². The Bertz CT molecular complexity index is 2500. The monoisotopic (exact) mass is 577 g/mol. The summed E-state index contributed by atoms with van der Waals surface area (Å²) in [7, 11) is 0. The van der Waals surface area contributed by atoms with Gasteiger partial charge in [0.15, 0.2) is 0 Å². The highest BCUT2D eigenvalue weighted by atomic mass is 32.1. The Hall–Kier alpha value is -5.44. The molecule has 0 saturated carbocycles. The number of nitrogens with zero attached hydrogens (tertiary/aromatic N) is 1. The summed E-state index contributed by atoms with van der Waals surface area (Å²) in [6, 6.07) is 59.8. The van der Waals surface area contributed by atoms with Gasteiger partial charge in [-0.2, -0.15) is 0 Å². The van der Waals surface area contributed by atoms with Crippen molar-refractivity contribution in [3.63, 3.8) is 0 Å². The van der Waals surface area contributed by atoms with E-state index in [9.17, 15) is 0 Å². The minimum atomic E-state index is 1.13. The largest absolute Gasteiger partial charge is 0.310 e. The van der Waals surface area contributed by atoms with Gasteiger partial charge in [-0.1, -0.05) is 121 Å². The Morgan fingerprint density at radius 2 is 0.977 bits per heavy atom. The molecule has 9 aromatic rings. The molecule has 0 aliphatic rings. The van der Waals surface area contributed by atoms with Crippen molar-refractivity contribution >= 4 is 80.9 Å². The van der Waals surface area contributed by atoms with E-state index in [0.29, 0.717) is 0 Å². The summed E-state index contributed by atoms with van der Waals surface area (Å²) in [5, 5.41) is 10.1. The van der Waals surface area contributed by atoms with E-state index in [4.69, 9.17) is 0 Å². The van der Waals surface area contributed by atoms with Crippen LogP contribution in [0.15, 0.2) is 164 Å². The van der Waals surface area contributed by atoms with Gasteiger partial charge in [0.05, 0.1) is 5.69 Å². The molecular formula is C42H27NS. The van der Waals surface area contributed by atoms with Gasteiger partial charge < -0.3 is 4.90 Å². The summed E-state index contributed by atoms with van der Waals surface area (Å²) < 4.78 is 2.63. The van der Waals surface area contributed by atoms with E-state index in [0.717, 1.165) is 11.4 Å². The number of hydrogen-bond acceptors (Lipinski definition) is 2. The first-order chi connectivity index (χ1) is 21.8. The minimum absolute atomic E-state index is 1.13. The predicted octanol–water partition coefficient (Wildman–Crippen LogP) is 12.7. The zero-order chi connectivity index (χ0) is 29.0. The molecule has 0 N–H and O–H groups in total. The van der Waals surface area contributed by atoms with Gasteiger partial charge in [-0.3, -0.25) is 0 Å². The maximum absolute atomic E-state index is 2.44.